The molecule has 2 heterocycles. The van der Waals surface area contributed by atoms with E-state index in [0.29, 0.717) is 27.3 Å². The molecule has 0 spiro atoms. The Labute approximate surface area is 164 Å². The van der Waals surface area contributed by atoms with Gasteiger partial charge in [-0.15, -0.1) is 0 Å². The Kier molecular flexibility index (Phi) is 5.82. The van der Waals surface area contributed by atoms with Crippen molar-refractivity contribution in [2.75, 3.05) is 18.5 Å². The molecule has 0 aromatic heterocycles. The molecule has 0 unspecified atom stereocenters. The average molecular weight is 389 g/mol. The number of para-hydroxylation sites is 1. The number of rotatable bonds is 6. The lowest BCUT2D eigenvalue weighted by molar-refractivity contribution is -0.123. The van der Waals surface area contributed by atoms with E-state index < -0.39 is 0 Å². The van der Waals surface area contributed by atoms with E-state index in [4.69, 9.17) is 12.2 Å². The third kappa shape index (κ3) is 3.32. The van der Waals surface area contributed by atoms with Crippen molar-refractivity contribution in [3.05, 3.63) is 34.7 Å². The Morgan fingerprint density at radius 2 is 1.88 bits per heavy atom. The number of anilines is 1. The van der Waals surface area contributed by atoms with Gasteiger partial charge in [0.2, 0.25) is 0 Å². The summed E-state index contributed by atoms with van der Waals surface area (Å²) in [6, 6.07) is 7.59. The van der Waals surface area contributed by atoms with Crippen molar-refractivity contribution in [1.29, 1.82) is 0 Å². The molecule has 4 nitrogen and oxygen atoms in total. The van der Waals surface area contributed by atoms with Crippen molar-refractivity contribution in [2.45, 2.75) is 39.5 Å². The first-order chi connectivity index (χ1) is 12.5. The number of carbonyl (C=O) groups excluding carboxylic acids is 2. The number of thiocarbonyl (C=S) groups is 1. The van der Waals surface area contributed by atoms with Gasteiger partial charge >= 0.3 is 0 Å². The third-order valence-electron chi connectivity index (χ3n) is 5.11. The summed E-state index contributed by atoms with van der Waals surface area (Å²) in [5.41, 5.74) is 2.15. The number of thioether (sulfide) groups is 1. The van der Waals surface area contributed by atoms with Gasteiger partial charge in [-0.1, -0.05) is 75.3 Å². The van der Waals surface area contributed by atoms with Crippen LogP contribution in [0.2, 0.25) is 0 Å². The number of fused-ring (bicyclic) bond motifs is 1. The van der Waals surface area contributed by atoms with Crippen LogP contribution in [0.5, 0.6) is 0 Å². The maximum atomic E-state index is 13.1. The van der Waals surface area contributed by atoms with E-state index in [0.717, 1.165) is 36.9 Å². The minimum absolute atomic E-state index is 0.122. The Bertz CT molecular complexity index is 788. The first-order valence-corrected chi connectivity index (χ1v) is 10.4. The molecular weight excluding hydrogens is 364 g/mol. The lowest BCUT2D eigenvalue weighted by atomic mass is 9.98. The highest BCUT2D eigenvalue weighted by atomic mass is 32.2. The molecule has 2 aliphatic heterocycles. The molecule has 0 saturated carbocycles. The normalized spacial score (nSPS) is 21.0. The second-order valence-electron chi connectivity index (χ2n) is 6.79. The monoisotopic (exact) mass is 388 g/mol. The van der Waals surface area contributed by atoms with Gasteiger partial charge in [-0.25, -0.2) is 0 Å². The molecule has 3 rings (SSSR count). The minimum atomic E-state index is -0.135. The van der Waals surface area contributed by atoms with Crippen LogP contribution >= 0.6 is 24.0 Å². The number of nitrogens with zero attached hydrogens (tertiary/aromatic N) is 2. The van der Waals surface area contributed by atoms with Crippen molar-refractivity contribution in [2.24, 2.45) is 5.92 Å². The molecule has 0 N–H and O–H groups in total. The number of likely N-dealkylation sites (N-methyl/N-ethyl adjacent to an activating group) is 1. The third-order valence-corrected chi connectivity index (χ3v) is 6.56. The summed E-state index contributed by atoms with van der Waals surface area (Å²) in [6.45, 7) is 4.97. The fourth-order valence-corrected chi connectivity index (χ4v) is 4.82. The molecule has 2 aliphatic rings. The van der Waals surface area contributed by atoms with Gasteiger partial charge in [0.25, 0.3) is 11.8 Å². The van der Waals surface area contributed by atoms with Gasteiger partial charge in [0.05, 0.1) is 16.2 Å². The van der Waals surface area contributed by atoms with Crippen LogP contribution in [0.15, 0.2) is 29.2 Å². The van der Waals surface area contributed by atoms with E-state index in [9.17, 15) is 9.59 Å². The van der Waals surface area contributed by atoms with Gasteiger partial charge in [0.15, 0.2) is 0 Å². The highest BCUT2D eigenvalue weighted by Crippen LogP contribution is 2.44. The fraction of sp³-hybridized carbons (Fsp3) is 0.450. The van der Waals surface area contributed by atoms with Crippen molar-refractivity contribution in [1.82, 2.24) is 4.90 Å². The van der Waals surface area contributed by atoms with E-state index in [-0.39, 0.29) is 11.8 Å². The Morgan fingerprint density at radius 3 is 2.58 bits per heavy atom. The Balaban J connectivity index is 1.91. The van der Waals surface area contributed by atoms with E-state index in [1.807, 2.05) is 24.3 Å². The minimum Gasteiger partial charge on any atom is -0.311 e. The van der Waals surface area contributed by atoms with Crippen LogP contribution in [0.1, 0.15) is 45.1 Å². The molecule has 6 heteroatoms. The highest BCUT2D eigenvalue weighted by molar-refractivity contribution is 8.26. The van der Waals surface area contributed by atoms with Crippen molar-refractivity contribution in [3.63, 3.8) is 0 Å². The topological polar surface area (TPSA) is 40.6 Å². The molecule has 26 heavy (non-hydrogen) atoms. The molecule has 0 radical (unpaired) electrons. The SMILES string of the molecule is CCCC[C@H](CC)CN1C(=O)/C(=C2\C(=O)N(C)c3ccccc32)SC1=S. The number of amides is 2. The smallest absolute Gasteiger partial charge is 0.267 e. The molecule has 138 valence electrons. The number of carbonyl (C=O) groups is 2. The Hall–Kier alpha value is -1.66. The van der Waals surface area contributed by atoms with E-state index >= 15 is 0 Å². The highest BCUT2D eigenvalue weighted by Gasteiger charge is 2.41. The van der Waals surface area contributed by atoms with Gasteiger partial charge in [-0.05, 0) is 18.4 Å². The van der Waals surface area contributed by atoms with Crippen molar-refractivity contribution >= 4 is 51.4 Å². The van der Waals surface area contributed by atoms with Crippen LogP contribution in [0.25, 0.3) is 5.57 Å². The standard InChI is InChI=1S/C20H24N2O2S2/c1-4-6-9-13(5-2)12-22-19(24)17(26-20(22)25)16-14-10-7-8-11-15(14)21(3)18(16)23/h7-8,10-11,13H,4-6,9,12H2,1-3H3/b17-16+/t13-/m0/s1. The van der Waals surface area contributed by atoms with Gasteiger partial charge in [-0.3, -0.25) is 14.5 Å². The Morgan fingerprint density at radius 1 is 1.15 bits per heavy atom. The molecule has 0 bridgehead atoms. The number of hydrogen-bond donors (Lipinski definition) is 0. The van der Waals surface area contributed by atoms with Crippen LogP contribution in [0, 0.1) is 5.92 Å². The number of benzene rings is 1. The molecule has 1 fully saturated rings. The van der Waals surface area contributed by atoms with Crippen LogP contribution in [0.3, 0.4) is 0 Å². The molecule has 1 aromatic carbocycles. The predicted molar refractivity (Wildman–Crippen MR) is 112 cm³/mol. The molecule has 1 aromatic rings. The van der Waals surface area contributed by atoms with Gasteiger partial charge < -0.3 is 4.90 Å². The molecule has 0 aliphatic carbocycles. The first kappa shape index (κ1) is 19.1. The lowest BCUT2D eigenvalue weighted by Gasteiger charge is -2.21. The zero-order valence-electron chi connectivity index (χ0n) is 15.4. The summed E-state index contributed by atoms with van der Waals surface area (Å²) in [4.78, 5) is 29.6. The maximum absolute atomic E-state index is 13.1. The van der Waals surface area contributed by atoms with E-state index in [1.54, 1.807) is 16.8 Å². The zero-order chi connectivity index (χ0) is 18.8. The van der Waals surface area contributed by atoms with E-state index in [2.05, 4.69) is 13.8 Å². The van der Waals surface area contributed by atoms with Gasteiger partial charge in [-0.2, -0.15) is 0 Å². The van der Waals surface area contributed by atoms with Crippen LogP contribution < -0.4 is 4.90 Å². The summed E-state index contributed by atoms with van der Waals surface area (Å²) in [5, 5.41) is 0. The predicted octanol–water partition coefficient (Wildman–Crippen LogP) is 4.45. The summed E-state index contributed by atoms with van der Waals surface area (Å²) >= 11 is 6.75. The summed E-state index contributed by atoms with van der Waals surface area (Å²) in [6.07, 6.45) is 4.43. The van der Waals surface area contributed by atoms with Gasteiger partial charge in [0, 0.05) is 19.2 Å². The summed E-state index contributed by atoms with van der Waals surface area (Å²) in [5.74, 6) is 0.184. The quantitative estimate of drug-likeness (QED) is 0.533. The van der Waals surface area contributed by atoms with Crippen LogP contribution in [-0.4, -0.2) is 34.6 Å². The first-order valence-electron chi connectivity index (χ1n) is 9.14. The second kappa shape index (κ2) is 7.92. The fourth-order valence-electron chi connectivity index (χ4n) is 3.47. The van der Waals surface area contributed by atoms with Crippen LogP contribution in [-0.2, 0) is 9.59 Å². The molecule has 1 saturated heterocycles. The lowest BCUT2D eigenvalue weighted by Crippen LogP contribution is -2.33. The van der Waals surface area contributed by atoms with Crippen LogP contribution in [0.4, 0.5) is 5.69 Å². The van der Waals surface area contributed by atoms with Gasteiger partial charge in [0.1, 0.15) is 4.32 Å². The van der Waals surface area contributed by atoms with Crippen molar-refractivity contribution < 1.29 is 9.59 Å². The van der Waals surface area contributed by atoms with E-state index in [1.165, 1.54) is 11.8 Å². The molecule has 1 atom stereocenters. The zero-order valence-corrected chi connectivity index (χ0v) is 17.1. The molecular formula is C20H24N2O2S2. The largest absolute Gasteiger partial charge is 0.311 e. The number of unbranched alkanes of at least 4 members (excludes halogenated alkanes) is 1. The second-order valence-corrected chi connectivity index (χ2v) is 8.43. The summed E-state index contributed by atoms with van der Waals surface area (Å²) < 4.78 is 0.562. The number of hydrogen-bond acceptors (Lipinski definition) is 4. The average Bonchev–Trinajstić information content (AvgIpc) is 3.06. The van der Waals surface area contributed by atoms with Crippen molar-refractivity contribution in [3.8, 4) is 0 Å². The molecule has 2 amide bonds. The summed E-state index contributed by atoms with van der Waals surface area (Å²) in [7, 11) is 1.74. The maximum Gasteiger partial charge on any atom is 0.267 e.